The van der Waals surface area contributed by atoms with Crippen LogP contribution in [0.2, 0.25) is 0 Å². The van der Waals surface area contributed by atoms with Gasteiger partial charge in [0, 0.05) is 40.0 Å². The van der Waals surface area contributed by atoms with Gasteiger partial charge in [-0.15, -0.1) is 0 Å². The van der Waals surface area contributed by atoms with Gasteiger partial charge >= 0.3 is 0 Å². The Morgan fingerprint density at radius 1 is 0.667 bits per heavy atom. The molecule has 0 unspecified atom stereocenters. The molecular formula is C42H75N13O11. The first-order valence-corrected chi connectivity index (χ1v) is 22.7. The highest BCUT2D eigenvalue weighted by Crippen LogP contribution is 2.20. The molecule has 1 rings (SSSR count). The highest BCUT2D eigenvalue weighted by molar-refractivity contribution is 5.98. The molecule has 0 saturated carbocycles. The predicted octanol–water partition coefficient (Wildman–Crippen LogP) is -3.50. The Kier molecular flexibility index (Phi) is 26.5. The number of nitrogens with zero attached hydrogens (tertiary/aromatic N) is 2. The minimum Gasteiger partial charge on any atom is -0.391 e. The van der Waals surface area contributed by atoms with Gasteiger partial charge in [-0.2, -0.15) is 0 Å². The van der Waals surface area contributed by atoms with Gasteiger partial charge in [-0.05, 0) is 71.1 Å². The number of amides is 10. The Bertz CT molecular complexity index is 1690. The van der Waals surface area contributed by atoms with E-state index in [9.17, 15) is 53.1 Å². The monoisotopic (exact) mass is 938 g/mol. The third kappa shape index (κ3) is 20.8. The zero-order valence-electron chi connectivity index (χ0n) is 39.5. The Morgan fingerprint density at radius 3 is 1.77 bits per heavy atom. The molecule has 24 heteroatoms. The van der Waals surface area contributed by atoms with Crippen molar-refractivity contribution in [3.8, 4) is 0 Å². The van der Waals surface area contributed by atoms with Crippen LogP contribution in [-0.2, 0) is 47.9 Å². The summed E-state index contributed by atoms with van der Waals surface area (Å²) in [5, 5.41) is 31.4. The highest BCUT2D eigenvalue weighted by atomic mass is 16.3. The van der Waals surface area contributed by atoms with Crippen molar-refractivity contribution in [1.82, 2.24) is 47.4 Å². The molecule has 0 aromatic carbocycles. The van der Waals surface area contributed by atoms with Crippen LogP contribution in [0.1, 0.15) is 119 Å². The second kappa shape index (κ2) is 30.2. The first-order valence-electron chi connectivity index (χ1n) is 22.7. The molecule has 374 valence electrons. The number of primary amides is 1. The van der Waals surface area contributed by atoms with Gasteiger partial charge in [-0.25, -0.2) is 0 Å². The maximum absolute atomic E-state index is 14.2. The summed E-state index contributed by atoms with van der Waals surface area (Å²) in [6, 6.07) is -8.82. The van der Waals surface area contributed by atoms with Gasteiger partial charge in [-0.3, -0.25) is 52.9 Å². The summed E-state index contributed by atoms with van der Waals surface area (Å²) in [5.41, 5.74) is 16.2. The zero-order chi connectivity index (χ0) is 50.1. The van der Waals surface area contributed by atoms with Crippen LogP contribution in [0.3, 0.4) is 0 Å². The van der Waals surface area contributed by atoms with Crippen LogP contribution in [0.25, 0.3) is 0 Å². The normalized spacial score (nSPS) is 16.8. The van der Waals surface area contributed by atoms with Gasteiger partial charge in [-0.1, -0.05) is 33.6 Å². The molecule has 0 aromatic heterocycles. The summed E-state index contributed by atoms with van der Waals surface area (Å²) in [7, 11) is 0. The number of likely N-dealkylation sites (N-methyl/N-ethyl adjacent to an activating group) is 1. The lowest BCUT2D eigenvalue weighted by atomic mass is 9.96. The van der Waals surface area contributed by atoms with E-state index in [1.165, 1.54) is 18.7 Å². The summed E-state index contributed by atoms with van der Waals surface area (Å²) in [5.74, 6) is -7.60. The van der Waals surface area contributed by atoms with Crippen LogP contribution in [0.5, 0.6) is 0 Å². The van der Waals surface area contributed by atoms with E-state index >= 15 is 0 Å². The Hall–Kier alpha value is -6.07. The molecule has 10 amide bonds. The minimum absolute atomic E-state index is 0.0431. The van der Waals surface area contributed by atoms with Crippen molar-refractivity contribution in [3.63, 3.8) is 0 Å². The first kappa shape index (κ1) is 57.9. The van der Waals surface area contributed by atoms with Crippen LogP contribution in [0.4, 0.5) is 0 Å². The maximum atomic E-state index is 14.2. The number of nitrogens with one attached hydrogen (secondary N) is 8. The number of guanidine groups is 1. The van der Waals surface area contributed by atoms with Crippen molar-refractivity contribution < 1.29 is 53.1 Å². The molecule has 0 bridgehead atoms. The molecule has 0 radical (unpaired) electrons. The van der Waals surface area contributed by atoms with Gasteiger partial charge in [0.1, 0.15) is 42.3 Å². The predicted molar refractivity (Wildman–Crippen MR) is 243 cm³/mol. The Balaban J connectivity index is 3.44. The van der Waals surface area contributed by atoms with E-state index in [0.717, 1.165) is 6.92 Å². The number of carbonyl (C=O) groups excluding carboxylic acids is 10. The molecular weight excluding hydrogens is 863 g/mol. The minimum atomic E-state index is -1.66. The lowest BCUT2D eigenvalue weighted by Crippen LogP contribution is -2.62. The molecule has 0 aromatic rings. The zero-order valence-corrected chi connectivity index (χ0v) is 39.5. The number of aliphatic hydroxyl groups excluding tert-OH is 1. The lowest BCUT2D eigenvalue weighted by molar-refractivity contribution is -0.142. The van der Waals surface area contributed by atoms with Crippen LogP contribution in [0, 0.1) is 5.92 Å². The van der Waals surface area contributed by atoms with Gasteiger partial charge < -0.3 is 69.7 Å². The lowest BCUT2D eigenvalue weighted by Gasteiger charge is -2.31. The van der Waals surface area contributed by atoms with Crippen LogP contribution in [0.15, 0.2) is 4.99 Å². The quantitative estimate of drug-likeness (QED) is 0.0189. The smallest absolute Gasteiger partial charge is 0.245 e. The number of nitrogens with two attached hydrogens (primary N) is 3. The van der Waals surface area contributed by atoms with Gasteiger partial charge in [0.2, 0.25) is 59.1 Å². The summed E-state index contributed by atoms with van der Waals surface area (Å²) < 4.78 is 0. The highest BCUT2D eigenvalue weighted by Gasteiger charge is 2.39. The topological polar surface area (TPSA) is 381 Å². The summed E-state index contributed by atoms with van der Waals surface area (Å²) in [4.78, 5) is 136. The van der Waals surface area contributed by atoms with Crippen LogP contribution in [-0.4, -0.2) is 150 Å². The summed E-state index contributed by atoms with van der Waals surface area (Å²) >= 11 is 0. The second-order valence-corrected chi connectivity index (χ2v) is 16.5. The number of aliphatic hydroxyl groups is 1. The van der Waals surface area contributed by atoms with Crippen molar-refractivity contribution in [1.29, 1.82) is 0 Å². The third-order valence-corrected chi connectivity index (χ3v) is 10.8. The fourth-order valence-corrected chi connectivity index (χ4v) is 7.19. The fraction of sp³-hybridized carbons (Fsp3) is 0.738. The van der Waals surface area contributed by atoms with Crippen LogP contribution < -0.4 is 59.7 Å². The standard InChI is InChI=1S/C42H75N13O11/c1-8-15-27(51-40(65)34(24(5)56)54-39(64)33(23(4)9-2)53-37(62)30(22-32(43)59)49-26(7)58)35(60)50-28(16-11-12-19-47-25(6)57)36(61)52-29(17-13-20-48-42(44)45)41(66)55-21-14-18-31(55)38(63)46-10-3/h23-24,27-31,33-34,56H,8-22H2,1-7H3,(H2,43,59)(H,46,63)(H,47,57)(H,49,58)(H,50,60)(H,51,65)(H,52,61)(H,53,62)(H,54,64)(H4,44,45,48)/t23-,24+,27-,28-,29-,30+,31-,33+,34-/m0/s1. The van der Waals surface area contributed by atoms with Crippen molar-refractivity contribution in [2.75, 3.05) is 26.2 Å². The molecule has 0 spiro atoms. The maximum Gasteiger partial charge on any atom is 0.245 e. The van der Waals surface area contributed by atoms with Crippen molar-refractivity contribution in [2.24, 2.45) is 28.1 Å². The number of rotatable bonds is 30. The van der Waals surface area contributed by atoms with Crippen LogP contribution >= 0.6 is 0 Å². The summed E-state index contributed by atoms with van der Waals surface area (Å²) in [6.07, 6.45) is 0.805. The molecule has 9 atom stereocenters. The average molecular weight is 938 g/mol. The van der Waals surface area contributed by atoms with E-state index in [-0.39, 0.29) is 63.1 Å². The SMILES string of the molecule is CCC[C@H](NC(=O)[C@@H](NC(=O)[C@H](NC(=O)[C@@H](CC(N)=O)NC(C)=O)[C@@H](C)CC)[C@@H](C)O)C(=O)N[C@@H](CCCCNC(C)=O)C(=O)N[C@@H](CCCN=C(N)N)C(=O)N1CCC[C@H]1C(=O)NCC. The molecule has 1 saturated heterocycles. The Morgan fingerprint density at radius 2 is 1.23 bits per heavy atom. The van der Waals surface area contributed by atoms with Gasteiger partial charge in [0.05, 0.1) is 12.5 Å². The fourth-order valence-electron chi connectivity index (χ4n) is 7.19. The van der Waals surface area contributed by atoms with E-state index in [4.69, 9.17) is 17.2 Å². The molecule has 0 aliphatic carbocycles. The molecule has 24 nitrogen and oxygen atoms in total. The van der Waals surface area contributed by atoms with E-state index < -0.39 is 108 Å². The van der Waals surface area contributed by atoms with Gasteiger partial charge in [0.25, 0.3) is 0 Å². The van der Waals surface area contributed by atoms with E-state index in [2.05, 4.69) is 47.5 Å². The van der Waals surface area contributed by atoms with Gasteiger partial charge in [0.15, 0.2) is 5.96 Å². The van der Waals surface area contributed by atoms with E-state index in [1.807, 2.05) is 0 Å². The molecule has 1 aliphatic heterocycles. The second-order valence-electron chi connectivity index (χ2n) is 16.5. The molecule has 1 fully saturated rings. The van der Waals surface area contributed by atoms with Crippen molar-refractivity contribution in [3.05, 3.63) is 0 Å². The first-order chi connectivity index (χ1) is 31.1. The number of aliphatic imine (C=N–C) groups is 1. The number of unbranched alkanes of at least 4 members (excludes halogenated alkanes) is 1. The molecule has 15 N–H and O–H groups in total. The average Bonchev–Trinajstić information content (AvgIpc) is 3.74. The number of hydrogen-bond acceptors (Lipinski definition) is 12. The number of hydrogen-bond donors (Lipinski definition) is 12. The van der Waals surface area contributed by atoms with Crippen molar-refractivity contribution >= 4 is 65.0 Å². The molecule has 66 heavy (non-hydrogen) atoms. The third-order valence-electron chi connectivity index (χ3n) is 10.8. The summed E-state index contributed by atoms with van der Waals surface area (Å²) in [6.45, 7) is 11.6. The Labute approximate surface area is 386 Å². The number of carbonyl (C=O) groups is 10. The van der Waals surface area contributed by atoms with E-state index in [0.29, 0.717) is 45.1 Å². The largest absolute Gasteiger partial charge is 0.391 e. The number of likely N-dealkylation sites (tertiary alicyclic amines) is 1. The van der Waals surface area contributed by atoms with Crippen molar-refractivity contribution in [2.45, 2.75) is 167 Å². The molecule has 1 aliphatic rings. The van der Waals surface area contributed by atoms with E-state index in [1.54, 1.807) is 27.7 Å². The molecule has 1 heterocycles.